The van der Waals surface area contributed by atoms with Crippen LogP contribution in [0, 0.1) is 5.92 Å². The summed E-state index contributed by atoms with van der Waals surface area (Å²) in [5, 5.41) is 3.67. The molecule has 2 aromatic heterocycles. The molecule has 9 heteroatoms. The molecule has 2 atom stereocenters. The molecule has 0 spiro atoms. The van der Waals surface area contributed by atoms with Crippen LogP contribution >= 0.6 is 23.1 Å². The van der Waals surface area contributed by atoms with E-state index in [0.29, 0.717) is 52.3 Å². The molecule has 1 aliphatic rings. The van der Waals surface area contributed by atoms with Gasteiger partial charge in [-0.3, -0.25) is 14.2 Å². The highest BCUT2D eigenvalue weighted by molar-refractivity contribution is 8.00. The van der Waals surface area contributed by atoms with Crippen molar-refractivity contribution >= 4 is 39.2 Å². The number of carbonyl (C=O) groups is 1. The summed E-state index contributed by atoms with van der Waals surface area (Å²) in [5.74, 6) is 0.927. The number of thioether (sulfide) groups is 1. The van der Waals surface area contributed by atoms with Crippen molar-refractivity contribution < 1.29 is 14.3 Å². The van der Waals surface area contributed by atoms with Gasteiger partial charge in [0.15, 0.2) is 5.16 Å². The van der Waals surface area contributed by atoms with Gasteiger partial charge in [0.05, 0.1) is 36.1 Å². The molecule has 0 bridgehead atoms. The average molecular weight is 550 g/mol. The van der Waals surface area contributed by atoms with Crippen molar-refractivity contribution in [2.24, 2.45) is 5.92 Å². The molecule has 0 fully saturated rings. The van der Waals surface area contributed by atoms with Crippen molar-refractivity contribution in [2.75, 3.05) is 7.11 Å². The SMILES string of the molecule is COc1ccc(-n2c(S[C@H](C)C(=O)NCc3ccccc3)nc3sc4c(c3c2=O)C[C@H](C(C)C)OC4)cc1. The van der Waals surface area contributed by atoms with Crippen LogP contribution in [0.4, 0.5) is 0 Å². The van der Waals surface area contributed by atoms with Gasteiger partial charge in [0.25, 0.3) is 5.56 Å². The first-order valence-electron chi connectivity index (χ1n) is 12.7. The molecule has 0 radical (unpaired) electrons. The minimum atomic E-state index is -0.462. The zero-order valence-corrected chi connectivity index (χ0v) is 23.5. The van der Waals surface area contributed by atoms with Crippen LogP contribution in [0.1, 0.15) is 36.8 Å². The van der Waals surface area contributed by atoms with E-state index in [1.165, 1.54) is 23.1 Å². The second-order valence-electron chi connectivity index (χ2n) is 9.68. The molecular formula is C29H31N3O4S2. The summed E-state index contributed by atoms with van der Waals surface area (Å²) >= 11 is 2.79. The number of aromatic nitrogens is 2. The number of nitrogens with zero attached hydrogens (tertiary/aromatic N) is 2. The lowest BCUT2D eigenvalue weighted by molar-refractivity contribution is -0.120. The monoisotopic (exact) mass is 549 g/mol. The molecule has 7 nitrogen and oxygen atoms in total. The maximum Gasteiger partial charge on any atom is 0.267 e. The Morgan fingerprint density at radius 2 is 1.92 bits per heavy atom. The first-order valence-corrected chi connectivity index (χ1v) is 14.4. The second-order valence-corrected chi connectivity index (χ2v) is 12.1. The Hall–Kier alpha value is -3.14. The van der Waals surface area contributed by atoms with Crippen molar-refractivity contribution in [3.63, 3.8) is 0 Å². The summed E-state index contributed by atoms with van der Waals surface area (Å²) in [7, 11) is 1.61. The maximum atomic E-state index is 14.1. The predicted octanol–water partition coefficient (Wildman–Crippen LogP) is 5.35. The zero-order chi connectivity index (χ0) is 26.8. The van der Waals surface area contributed by atoms with Gasteiger partial charge in [0.2, 0.25) is 5.91 Å². The number of rotatable bonds is 8. The molecule has 38 heavy (non-hydrogen) atoms. The molecule has 0 saturated heterocycles. The molecule has 0 unspecified atom stereocenters. The quantitative estimate of drug-likeness (QED) is 0.236. The standard InChI is InChI=1S/C29H31N3O4S2/c1-17(2)23-14-22-24(16-36-23)38-27-25(22)28(34)32(20-10-12-21(35-4)13-11-20)29(31-27)37-18(3)26(33)30-15-19-8-6-5-7-9-19/h5-13,17-18,23H,14-16H2,1-4H3,(H,30,33)/t18-,23-/m1/s1. The van der Waals surface area contributed by atoms with E-state index in [1.54, 1.807) is 11.7 Å². The van der Waals surface area contributed by atoms with E-state index in [1.807, 2.05) is 61.5 Å². The number of amides is 1. The number of fused-ring (bicyclic) bond motifs is 3. The number of carbonyl (C=O) groups excluding carboxylic acids is 1. The molecular weight excluding hydrogens is 518 g/mol. The van der Waals surface area contributed by atoms with E-state index in [9.17, 15) is 9.59 Å². The summed E-state index contributed by atoms with van der Waals surface area (Å²) in [5.41, 5.74) is 2.62. The number of hydrogen-bond acceptors (Lipinski definition) is 7. The Morgan fingerprint density at radius 3 is 2.61 bits per heavy atom. The van der Waals surface area contributed by atoms with Gasteiger partial charge in [0, 0.05) is 17.8 Å². The third-order valence-corrected chi connectivity index (χ3v) is 8.90. The highest BCUT2D eigenvalue weighted by atomic mass is 32.2. The predicted molar refractivity (Wildman–Crippen MR) is 152 cm³/mol. The molecule has 0 saturated carbocycles. The minimum Gasteiger partial charge on any atom is -0.497 e. The molecule has 3 heterocycles. The first-order chi connectivity index (χ1) is 18.4. The van der Waals surface area contributed by atoms with Crippen molar-refractivity contribution in [3.05, 3.63) is 81.0 Å². The van der Waals surface area contributed by atoms with E-state index in [0.717, 1.165) is 16.0 Å². The van der Waals surface area contributed by atoms with Gasteiger partial charge in [-0.2, -0.15) is 0 Å². The fourth-order valence-electron chi connectivity index (χ4n) is 4.51. The van der Waals surface area contributed by atoms with Gasteiger partial charge in [-0.15, -0.1) is 11.3 Å². The van der Waals surface area contributed by atoms with E-state index in [4.69, 9.17) is 14.5 Å². The minimum absolute atomic E-state index is 0.0662. The number of benzene rings is 2. The Labute approximate surface area is 230 Å². The van der Waals surface area contributed by atoms with Crippen LogP contribution in [0.2, 0.25) is 0 Å². The smallest absolute Gasteiger partial charge is 0.267 e. The van der Waals surface area contributed by atoms with Gasteiger partial charge in [-0.05, 0) is 48.2 Å². The summed E-state index contributed by atoms with van der Waals surface area (Å²) in [6, 6.07) is 17.1. The third-order valence-electron chi connectivity index (χ3n) is 6.75. The van der Waals surface area contributed by atoms with Crippen molar-refractivity contribution in [3.8, 4) is 11.4 Å². The van der Waals surface area contributed by atoms with E-state index in [2.05, 4.69) is 19.2 Å². The lowest BCUT2D eigenvalue weighted by Crippen LogP contribution is -2.31. The Morgan fingerprint density at radius 1 is 1.18 bits per heavy atom. The van der Waals surface area contributed by atoms with Crippen LogP contribution in [0.25, 0.3) is 15.9 Å². The van der Waals surface area contributed by atoms with Crippen molar-refractivity contribution in [1.29, 1.82) is 0 Å². The van der Waals surface area contributed by atoms with Crippen LogP contribution in [0.5, 0.6) is 5.75 Å². The van der Waals surface area contributed by atoms with Gasteiger partial charge in [-0.25, -0.2) is 4.98 Å². The van der Waals surface area contributed by atoms with Gasteiger partial charge >= 0.3 is 0 Å². The first kappa shape index (κ1) is 26.5. The van der Waals surface area contributed by atoms with Gasteiger partial charge in [0.1, 0.15) is 10.6 Å². The molecule has 5 rings (SSSR count). The number of hydrogen-bond donors (Lipinski definition) is 1. The average Bonchev–Trinajstić information content (AvgIpc) is 3.30. The second kappa shape index (κ2) is 11.3. The molecule has 198 valence electrons. The van der Waals surface area contributed by atoms with Crippen molar-refractivity contribution in [2.45, 2.75) is 56.9 Å². The molecule has 2 aromatic carbocycles. The molecule has 1 aliphatic heterocycles. The lowest BCUT2D eigenvalue weighted by Gasteiger charge is -2.26. The lowest BCUT2D eigenvalue weighted by atomic mass is 9.96. The molecule has 1 N–H and O–H groups in total. The van der Waals surface area contributed by atoms with Crippen LogP contribution in [0.3, 0.4) is 0 Å². The summed E-state index contributed by atoms with van der Waals surface area (Å²) in [6.45, 7) is 7.04. The van der Waals surface area contributed by atoms with Crippen LogP contribution in [-0.4, -0.2) is 33.9 Å². The van der Waals surface area contributed by atoms with Gasteiger partial charge < -0.3 is 14.8 Å². The van der Waals surface area contributed by atoms with E-state index in [-0.39, 0.29) is 17.6 Å². The normalized spacial score (nSPS) is 15.9. The van der Waals surface area contributed by atoms with Crippen LogP contribution in [-0.2, 0) is 29.1 Å². The fourth-order valence-corrected chi connectivity index (χ4v) is 6.63. The van der Waals surface area contributed by atoms with Gasteiger partial charge in [-0.1, -0.05) is 55.9 Å². The molecule has 1 amide bonds. The molecule has 0 aliphatic carbocycles. The van der Waals surface area contributed by atoms with Crippen LogP contribution in [0.15, 0.2) is 64.5 Å². The maximum absolute atomic E-state index is 14.1. The van der Waals surface area contributed by atoms with E-state index < -0.39 is 5.25 Å². The number of nitrogens with one attached hydrogen (secondary N) is 1. The largest absolute Gasteiger partial charge is 0.497 e. The Kier molecular flexibility index (Phi) is 7.88. The van der Waals surface area contributed by atoms with Crippen molar-refractivity contribution in [1.82, 2.24) is 14.9 Å². The number of thiophene rings is 1. The summed E-state index contributed by atoms with van der Waals surface area (Å²) in [4.78, 5) is 33.8. The summed E-state index contributed by atoms with van der Waals surface area (Å²) < 4.78 is 13.0. The highest BCUT2D eigenvalue weighted by Gasteiger charge is 2.29. The van der Waals surface area contributed by atoms with Crippen LogP contribution < -0.4 is 15.6 Å². The van der Waals surface area contributed by atoms with E-state index >= 15 is 0 Å². The fraction of sp³-hybridized carbons (Fsp3) is 0.345. The summed E-state index contributed by atoms with van der Waals surface area (Å²) in [6.07, 6.45) is 0.758. The number of ether oxygens (including phenoxy) is 2. The number of methoxy groups -OCH3 is 1. The highest BCUT2D eigenvalue weighted by Crippen LogP contribution is 2.37. The Balaban J connectivity index is 1.53. The zero-order valence-electron chi connectivity index (χ0n) is 21.9. The third kappa shape index (κ3) is 5.36. The Bertz CT molecular complexity index is 1500. The topological polar surface area (TPSA) is 82.5 Å². The molecule has 4 aromatic rings.